The van der Waals surface area contributed by atoms with Crippen LogP contribution in [-0.2, 0) is 11.0 Å². The van der Waals surface area contributed by atoms with E-state index in [1.165, 1.54) is 53.7 Å². The number of nitrogens with zero attached hydrogens (tertiary/aromatic N) is 4. The second kappa shape index (κ2) is 10.7. The first-order valence-electron chi connectivity index (χ1n) is 12.2. The van der Waals surface area contributed by atoms with Crippen molar-refractivity contribution < 1.29 is 32.2 Å². The highest BCUT2D eigenvalue weighted by Gasteiger charge is 2.52. The van der Waals surface area contributed by atoms with E-state index in [1.54, 1.807) is 20.8 Å². The van der Waals surface area contributed by atoms with Gasteiger partial charge in [-0.3, -0.25) is 4.79 Å². The Morgan fingerprint density at radius 1 is 1.10 bits per heavy atom. The van der Waals surface area contributed by atoms with E-state index in [2.05, 4.69) is 0 Å². The summed E-state index contributed by atoms with van der Waals surface area (Å²) in [5.41, 5.74) is -0.649. The molecule has 0 N–H and O–H groups in total. The summed E-state index contributed by atoms with van der Waals surface area (Å²) >= 11 is 6.24. The number of urea groups is 1. The molecular formula is C28H24ClF3N4O4. The molecule has 0 unspecified atom stereocenters. The fourth-order valence-corrected chi connectivity index (χ4v) is 4.70. The zero-order chi connectivity index (χ0) is 29.4. The SMILES string of the molecule is Cc1c(N2C(=O)N(CCCOc3ccc(-c4cc[n+]([O-])cc4)cc3C(F)(F)F)C(C)(C)C2=O)ccc(C#N)c1Cl. The normalized spacial score (nSPS) is 14.9. The average Bonchev–Trinajstić information content (AvgIpc) is 3.07. The molecule has 1 aliphatic heterocycles. The number of aromatic nitrogens is 1. The van der Waals surface area contributed by atoms with E-state index >= 15 is 0 Å². The van der Waals surface area contributed by atoms with Crippen molar-refractivity contribution in [3.63, 3.8) is 0 Å². The van der Waals surface area contributed by atoms with Crippen LogP contribution in [-0.4, -0.2) is 35.5 Å². The van der Waals surface area contributed by atoms with Gasteiger partial charge in [-0.25, -0.2) is 9.69 Å². The van der Waals surface area contributed by atoms with Gasteiger partial charge in [-0.2, -0.15) is 23.2 Å². The molecule has 208 valence electrons. The molecular weight excluding hydrogens is 549 g/mol. The Balaban J connectivity index is 1.48. The van der Waals surface area contributed by atoms with E-state index in [-0.39, 0.29) is 47.2 Å². The fraction of sp³-hybridized carbons (Fsp3) is 0.286. The smallest absolute Gasteiger partial charge is 0.419 e. The Labute approximate surface area is 233 Å². The van der Waals surface area contributed by atoms with Crippen molar-refractivity contribution in [3.05, 3.63) is 81.8 Å². The molecule has 2 heterocycles. The van der Waals surface area contributed by atoms with E-state index in [9.17, 15) is 33.2 Å². The number of ether oxygens (including phenoxy) is 1. The van der Waals surface area contributed by atoms with Crippen LogP contribution in [0.3, 0.4) is 0 Å². The number of pyridine rings is 1. The van der Waals surface area contributed by atoms with Crippen LogP contribution in [0.15, 0.2) is 54.9 Å². The molecule has 1 fully saturated rings. The molecule has 8 nitrogen and oxygen atoms in total. The van der Waals surface area contributed by atoms with Crippen LogP contribution in [0.2, 0.25) is 5.02 Å². The summed E-state index contributed by atoms with van der Waals surface area (Å²) in [6.45, 7) is 4.64. The summed E-state index contributed by atoms with van der Waals surface area (Å²) in [5, 5.41) is 20.6. The van der Waals surface area contributed by atoms with E-state index in [4.69, 9.17) is 16.3 Å². The number of benzene rings is 2. The number of carbonyl (C=O) groups excluding carboxylic acids is 2. The van der Waals surface area contributed by atoms with Crippen molar-refractivity contribution in [1.82, 2.24) is 4.90 Å². The van der Waals surface area contributed by atoms with Crippen molar-refractivity contribution in [2.45, 2.75) is 38.9 Å². The van der Waals surface area contributed by atoms with Crippen LogP contribution in [0.1, 0.15) is 37.0 Å². The molecule has 4 rings (SSSR count). The molecule has 0 bridgehead atoms. The summed E-state index contributed by atoms with van der Waals surface area (Å²) < 4.78 is 47.5. The largest absolute Gasteiger partial charge is 0.619 e. The van der Waals surface area contributed by atoms with Crippen LogP contribution in [0.4, 0.5) is 23.7 Å². The zero-order valence-corrected chi connectivity index (χ0v) is 22.5. The monoisotopic (exact) mass is 572 g/mol. The first-order chi connectivity index (χ1) is 18.8. The molecule has 1 aliphatic rings. The van der Waals surface area contributed by atoms with Crippen molar-refractivity contribution in [3.8, 4) is 22.9 Å². The van der Waals surface area contributed by atoms with Crippen LogP contribution < -0.4 is 14.4 Å². The number of anilines is 1. The second-order valence-corrected chi connectivity index (χ2v) is 10.1. The number of amides is 3. The highest BCUT2D eigenvalue weighted by Crippen LogP contribution is 2.39. The van der Waals surface area contributed by atoms with Crippen LogP contribution in [0.5, 0.6) is 5.75 Å². The van der Waals surface area contributed by atoms with Gasteiger partial charge in [-0.15, -0.1) is 0 Å². The summed E-state index contributed by atoms with van der Waals surface area (Å²) in [5.74, 6) is -0.876. The molecule has 0 atom stereocenters. The number of alkyl halides is 3. The molecule has 3 amide bonds. The van der Waals surface area contributed by atoms with Crippen molar-refractivity contribution in [2.75, 3.05) is 18.1 Å². The summed E-state index contributed by atoms with van der Waals surface area (Å²) in [6.07, 6.45) is -2.17. The maximum atomic E-state index is 13.8. The predicted octanol–water partition coefficient (Wildman–Crippen LogP) is 5.86. The Morgan fingerprint density at radius 3 is 2.40 bits per heavy atom. The zero-order valence-electron chi connectivity index (χ0n) is 21.8. The average molecular weight is 573 g/mol. The Bertz CT molecular complexity index is 1520. The predicted molar refractivity (Wildman–Crippen MR) is 141 cm³/mol. The highest BCUT2D eigenvalue weighted by atomic mass is 35.5. The summed E-state index contributed by atoms with van der Waals surface area (Å²) in [6, 6.07) is 10.7. The molecule has 1 saturated heterocycles. The topological polar surface area (TPSA) is 101 Å². The minimum absolute atomic E-state index is 0.0375. The van der Waals surface area contributed by atoms with Gasteiger partial charge >= 0.3 is 12.2 Å². The molecule has 2 aromatic carbocycles. The van der Waals surface area contributed by atoms with Crippen molar-refractivity contribution in [2.24, 2.45) is 0 Å². The summed E-state index contributed by atoms with van der Waals surface area (Å²) in [4.78, 5) is 28.9. The molecule has 1 aromatic heterocycles. The van der Waals surface area contributed by atoms with Gasteiger partial charge in [0.2, 0.25) is 0 Å². The second-order valence-electron chi connectivity index (χ2n) is 9.67. The number of halogens is 4. The Morgan fingerprint density at radius 2 is 1.77 bits per heavy atom. The van der Waals surface area contributed by atoms with Gasteiger partial charge in [-0.05, 0) is 68.1 Å². The number of rotatable bonds is 7. The van der Waals surface area contributed by atoms with E-state index in [0.29, 0.717) is 15.9 Å². The lowest BCUT2D eigenvalue weighted by atomic mass is 10.0. The third kappa shape index (κ3) is 5.27. The number of imide groups is 1. The maximum absolute atomic E-state index is 13.8. The molecule has 0 spiro atoms. The molecule has 3 aromatic rings. The van der Waals surface area contributed by atoms with E-state index in [1.807, 2.05) is 6.07 Å². The number of nitriles is 1. The van der Waals surface area contributed by atoms with Gasteiger partial charge in [0, 0.05) is 18.7 Å². The van der Waals surface area contributed by atoms with Gasteiger partial charge in [-0.1, -0.05) is 17.7 Å². The molecule has 40 heavy (non-hydrogen) atoms. The minimum Gasteiger partial charge on any atom is -0.619 e. The number of carbonyl (C=O) groups is 2. The standard InChI is InChI=1S/C28H24ClF3N4O4/c1-17-22(7-5-20(16-33)24(17)29)36-25(37)27(2,3)35(26(36)38)11-4-14-40-23-8-6-19(15-21(23)28(30,31)32)18-9-12-34(39)13-10-18/h5-10,12-13,15H,4,11,14H2,1-3H3. The first-order valence-corrected chi connectivity index (χ1v) is 12.5. The van der Waals surface area contributed by atoms with Crippen molar-refractivity contribution in [1.29, 1.82) is 5.26 Å². The quantitative estimate of drug-likeness (QED) is 0.153. The Hall–Kier alpha value is -4.30. The summed E-state index contributed by atoms with van der Waals surface area (Å²) in [7, 11) is 0. The van der Waals surface area contributed by atoms with E-state index < -0.39 is 29.2 Å². The van der Waals surface area contributed by atoms with Gasteiger partial charge in [0.25, 0.3) is 5.91 Å². The van der Waals surface area contributed by atoms with Gasteiger partial charge < -0.3 is 14.8 Å². The molecule has 0 aliphatic carbocycles. The first kappa shape index (κ1) is 28.7. The van der Waals surface area contributed by atoms with E-state index in [0.717, 1.165) is 11.0 Å². The molecule has 0 radical (unpaired) electrons. The lowest BCUT2D eigenvalue weighted by Crippen LogP contribution is -2.44. The third-order valence-electron chi connectivity index (χ3n) is 6.75. The van der Waals surface area contributed by atoms with Gasteiger partial charge in [0.15, 0.2) is 12.4 Å². The lowest BCUT2D eigenvalue weighted by molar-refractivity contribution is -0.605. The fourth-order valence-electron chi connectivity index (χ4n) is 4.49. The number of hydrogen-bond acceptors (Lipinski definition) is 5. The van der Waals surface area contributed by atoms with Gasteiger partial charge in [0.05, 0.1) is 28.4 Å². The van der Waals surface area contributed by atoms with Crippen LogP contribution in [0.25, 0.3) is 11.1 Å². The molecule has 0 saturated carbocycles. The Kier molecular flexibility index (Phi) is 7.67. The van der Waals surface area contributed by atoms with Crippen molar-refractivity contribution >= 4 is 29.2 Å². The lowest BCUT2D eigenvalue weighted by Gasteiger charge is -2.27. The highest BCUT2D eigenvalue weighted by molar-refractivity contribution is 6.33. The van der Waals surface area contributed by atoms with Gasteiger partial charge in [0.1, 0.15) is 17.4 Å². The molecule has 12 heteroatoms. The number of hydrogen-bond donors (Lipinski definition) is 0. The van der Waals surface area contributed by atoms with Crippen LogP contribution in [0, 0.1) is 23.5 Å². The van der Waals surface area contributed by atoms with Crippen LogP contribution >= 0.6 is 11.6 Å². The maximum Gasteiger partial charge on any atom is 0.419 e. The third-order valence-corrected chi connectivity index (χ3v) is 7.23. The minimum atomic E-state index is -4.70.